The van der Waals surface area contributed by atoms with E-state index < -0.39 is 0 Å². The van der Waals surface area contributed by atoms with Gasteiger partial charge in [-0.15, -0.1) is 0 Å². The van der Waals surface area contributed by atoms with Gasteiger partial charge in [-0.25, -0.2) is 0 Å². The SMILES string of the molecule is COc1cccc(CCCOC(=O)[C@@H]2CCCOC2)c1. The predicted molar refractivity (Wildman–Crippen MR) is 75.8 cm³/mol. The zero-order valence-electron chi connectivity index (χ0n) is 12.0. The average Bonchev–Trinajstić information content (AvgIpc) is 2.52. The molecule has 1 saturated heterocycles. The maximum absolute atomic E-state index is 11.8. The Kier molecular flexibility index (Phi) is 5.87. The summed E-state index contributed by atoms with van der Waals surface area (Å²) < 4.78 is 15.8. The number of hydrogen-bond acceptors (Lipinski definition) is 4. The molecule has 1 fully saturated rings. The van der Waals surface area contributed by atoms with Gasteiger partial charge in [0.25, 0.3) is 0 Å². The van der Waals surface area contributed by atoms with E-state index in [4.69, 9.17) is 14.2 Å². The van der Waals surface area contributed by atoms with Gasteiger partial charge >= 0.3 is 5.97 Å². The van der Waals surface area contributed by atoms with Crippen molar-refractivity contribution >= 4 is 5.97 Å². The van der Waals surface area contributed by atoms with Crippen molar-refractivity contribution in [3.8, 4) is 5.75 Å². The van der Waals surface area contributed by atoms with Crippen LogP contribution in [0, 0.1) is 5.92 Å². The molecule has 1 heterocycles. The number of benzene rings is 1. The molecule has 0 aliphatic carbocycles. The van der Waals surface area contributed by atoms with Crippen LogP contribution in [0.3, 0.4) is 0 Å². The van der Waals surface area contributed by atoms with Gasteiger partial charge in [-0.3, -0.25) is 4.79 Å². The fraction of sp³-hybridized carbons (Fsp3) is 0.562. The van der Waals surface area contributed by atoms with Crippen LogP contribution in [0.4, 0.5) is 0 Å². The molecule has 0 unspecified atom stereocenters. The highest BCUT2D eigenvalue weighted by Gasteiger charge is 2.22. The highest BCUT2D eigenvalue weighted by molar-refractivity contribution is 5.72. The van der Waals surface area contributed by atoms with Crippen LogP contribution in [0.1, 0.15) is 24.8 Å². The van der Waals surface area contributed by atoms with Crippen LogP contribution in [0.2, 0.25) is 0 Å². The molecule has 1 aromatic rings. The molecule has 0 spiro atoms. The quantitative estimate of drug-likeness (QED) is 0.592. The summed E-state index contributed by atoms with van der Waals surface area (Å²) in [6.07, 6.45) is 3.54. The van der Waals surface area contributed by atoms with Crippen molar-refractivity contribution in [3.05, 3.63) is 29.8 Å². The third-order valence-electron chi connectivity index (χ3n) is 3.48. The van der Waals surface area contributed by atoms with E-state index in [1.165, 1.54) is 5.56 Å². The number of carbonyl (C=O) groups is 1. The van der Waals surface area contributed by atoms with Gasteiger partial charge in [0.1, 0.15) is 5.75 Å². The van der Waals surface area contributed by atoms with Gasteiger partial charge < -0.3 is 14.2 Å². The van der Waals surface area contributed by atoms with Crippen molar-refractivity contribution in [1.82, 2.24) is 0 Å². The number of rotatable bonds is 6. The van der Waals surface area contributed by atoms with Gasteiger partial charge in [0.15, 0.2) is 0 Å². The Bertz CT molecular complexity index is 424. The molecule has 1 aromatic carbocycles. The Morgan fingerprint density at radius 1 is 1.45 bits per heavy atom. The fourth-order valence-corrected chi connectivity index (χ4v) is 2.32. The number of esters is 1. The monoisotopic (exact) mass is 278 g/mol. The number of ether oxygens (including phenoxy) is 3. The standard InChI is InChI=1S/C16H22O4/c1-18-15-8-2-5-13(11-15)6-3-10-20-16(17)14-7-4-9-19-12-14/h2,5,8,11,14H,3-4,6-7,9-10,12H2,1H3/t14-/m1/s1. The molecular formula is C16H22O4. The van der Waals surface area contributed by atoms with Crippen LogP contribution in [-0.2, 0) is 20.7 Å². The lowest BCUT2D eigenvalue weighted by atomic mass is 10.0. The van der Waals surface area contributed by atoms with Crippen LogP contribution >= 0.6 is 0 Å². The van der Waals surface area contributed by atoms with E-state index >= 15 is 0 Å². The van der Waals surface area contributed by atoms with Crippen molar-refractivity contribution < 1.29 is 19.0 Å². The minimum absolute atomic E-state index is 0.0689. The molecule has 1 aliphatic rings. The Morgan fingerprint density at radius 3 is 3.10 bits per heavy atom. The topological polar surface area (TPSA) is 44.8 Å². The predicted octanol–water partition coefficient (Wildman–Crippen LogP) is 2.60. The highest BCUT2D eigenvalue weighted by Crippen LogP contribution is 2.16. The largest absolute Gasteiger partial charge is 0.497 e. The van der Waals surface area contributed by atoms with Crippen molar-refractivity contribution in [2.45, 2.75) is 25.7 Å². The summed E-state index contributed by atoms with van der Waals surface area (Å²) in [6, 6.07) is 7.96. The van der Waals surface area contributed by atoms with Crippen LogP contribution in [0.5, 0.6) is 5.75 Å². The first-order chi connectivity index (χ1) is 9.79. The average molecular weight is 278 g/mol. The normalized spacial score (nSPS) is 18.6. The molecule has 0 saturated carbocycles. The molecule has 0 radical (unpaired) electrons. The molecule has 0 amide bonds. The maximum Gasteiger partial charge on any atom is 0.311 e. The summed E-state index contributed by atoms with van der Waals surface area (Å²) in [5.74, 6) is 0.676. The zero-order chi connectivity index (χ0) is 14.2. The minimum atomic E-state index is -0.115. The number of methoxy groups -OCH3 is 1. The third kappa shape index (κ3) is 4.53. The fourth-order valence-electron chi connectivity index (χ4n) is 2.32. The summed E-state index contributed by atoms with van der Waals surface area (Å²) in [5.41, 5.74) is 1.20. The third-order valence-corrected chi connectivity index (χ3v) is 3.48. The van der Waals surface area contributed by atoms with Crippen LogP contribution in [0.25, 0.3) is 0 Å². The molecule has 1 atom stereocenters. The van der Waals surface area contributed by atoms with Crippen LogP contribution in [-0.4, -0.2) is 32.9 Å². The summed E-state index contributed by atoms with van der Waals surface area (Å²) in [4.78, 5) is 11.8. The second-order valence-corrected chi connectivity index (χ2v) is 5.04. The van der Waals surface area contributed by atoms with Gasteiger partial charge in [0.2, 0.25) is 0 Å². The Balaban J connectivity index is 1.66. The van der Waals surface area contributed by atoms with Gasteiger partial charge in [-0.1, -0.05) is 12.1 Å². The molecule has 110 valence electrons. The molecular weight excluding hydrogens is 256 g/mol. The summed E-state index contributed by atoms with van der Waals surface area (Å²) in [7, 11) is 1.66. The zero-order valence-corrected chi connectivity index (χ0v) is 12.0. The van der Waals surface area contributed by atoms with E-state index in [0.29, 0.717) is 13.2 Å². The van der Waals surface area contributed by atoms with Crippen molar-refractivity contribution in [3.63, 3.8) is 0 Å². The summed E-state index contributed by atoms with van der Waals surface area (Å²) in [5, 5.41) is 0. The number of hydrogen-bond donors (Lipinski definition) is 0. The first-order valence-corrected chi connectivity index (χ1v) is 7.17. The lowest BCUT2D eigenvalue weighted by Crippen LogP contribution is -2.27. The number of carbonyl (C=O) groups excluding carboxylic acids is 1. The Morgan fingerprint density at radius 2 is 2.35 bits per heavy atom. The first kappa shape index (κ1) is 14.9. The van der Waals surface area contributed by atoms with E-state index in [2.05, 4.69) is 6.07 Å². The van der Waals surface area contributed by atoms with E-state index in [9.17, 15) is 4.79 Å². The lowest BCUT2D eigenvalue weighted by Gasteiger charge is -2.20. The smallest absolute Gasteiger partial charge is 0.311 e. The van der Waals surface area contributed by atoms with Gasteiger partial charge in [-0.05, 0) is 43.4 Å². The van der Waals surface area contributed by atoms with Crippen LogP contribution in [0.15, 0.2) is 24.3 Å². The van der Waals surface area contributed by atoms with Crippen molar-refractivity contribution in [2.75, 3.05) is 26.9 Å². The second-order valence-electron chi connectivity index (χ2n) is 5.04. The molecule has 2 rings (SSSR count). The van der Waals surface area contributed by atoms with E-state index in [1.54, 1.807) is 7.11 Å². The molecule has 20 heavy (non-hydrogen) atoms. The van der Waals surface area contributed by atoms with Crippen molar-refractivity contribution in [2.24, 2.45) is 5.92 Å². The first-order valence-electron chi connectivity index (χ1n) is 7.17. The molecule has 0 bridgehead atoms. The van der Waals surface area contributed by atoms with Crippen LogP contribution < -0.4 is 4.74 Å². The summed E-state index contributed by atoms with van der Waals surface area (Å²) in [6.45, 7) is 1.74. The van der Waals surface area contributed by atoms with Gasteiger partial charge in [0.05, 0.1) is 26.2 Å². The molecule has 0 aromatic heterocycles. The Labute approximate surface area is 120 Å². The molecule has 4 heteroatoms. The Hall–Kier alpha value is -1.55. The maximum atomic E-state index is 11.8. The summed E-state index contributed by atoms with van der Waals surface area (Å²) >= 11 is 0. The number of aryl methyl sites for hydroxylation is 1. The van der Waals surface area contributed by atoms with Gasteiger partial charge in [0, 0.05) is 6.61 Å². The molecule has 0 N–H and O–H groups in total. The van der Waals surface area contributed by atoms with E-state index in [-0.39, 0.29) is 11.9 Å². The van der Waals surface area contributed by atoms with Crippen molar-refractivity contribution in [1.29, 1.82) is 0 Å². The van der Waals surface area contributed by atoms with E-state index in [0.717, 1.165) is 38.0 Å². The minimum Gasteiger partial charge on any atom is -0.497 e. The van der Waals surface area contributed by atoms with E-state index in [1.807, 2.05) is 18.2 Å². The highest BCUT2D eigenvalue weighted by atomic mass is 16.5. The van der Waals surface area contributed by atoms with Gasteiger partial charge in [-0.2, -0.15) is 0 Å². The molecule has 1 aliphatic heterocycles. The second kappa shape index (κ2) is 7.90. The lowest BCUT2D eigenvalue weighted by molar-refractivity contribution is -0.153. The molecule has 4 nitrogen and oxygen atoms in total.